The smallest absolute Gasteiger partial charge is 0.338 e. The molecule has 2 N–H and O–H groups in total. The fourth-order valence-electron chi connectivity index (χ4n) is 2.35. The van der Waals surface area contributed by atoms with Crippen molar-refractivity contribution in [3.8, 4) is 5.75 Å². The Labute approximate surface area is 164 Å². The second-order valence-corrected chi connectivity index (χ2v) is 6.26. The van der Waals surface area contributed by atoms with E-state index in [1.54, 1.807) is 55.5 Å². The molecule has 0 spiro atoms. The maximum absolute atomic E-state index is 12.0. The molecule has 7 nitrogen and oxygen atoms in total. The van der Waals surface area contributed by atoms with Gasteiger partial charge in [0.15, 0.2) is 0 Å². The van der Waals surface area contributed by atoms with Crippen LogP contribution in [0.2, 0.25) is 0 Å². The number of rotatable bonds is 8. The van der Waals surface area contributed by atoms with Gasteiger partial charge < -0.3 is 20.1 Å². The van der Waals surface area contributed by atoms with Crippen molar-refractivity contribution in [2.45, 2.75) is 33.3 Å². The van der Waals surface area contributed by atoms with Crippen molar-refractivity contribution in [2.24, 2.45) is 0 Å². The first kappa shape index (κ1) is 21.0. The minimum absolute atomic E-state index is 0.0653. The van der Waals surface area contributed by atoms with Gasteiger partial charge in [-0.25, -0.2) is 4.79 Å². The summed E-state index contributed by atoms with van der Waals surface area (Å²) in [6.45, 7) is 5.88. The van der Waals surface area contributed by atoms with Crippen LogP contribution in [0.15, 0.2) is 48.5 Å². The summed E-state index contributed by atoms with van der Waals surface area (Å²) >= 11 is 0. The molecule has 2 amide bonds. The predicted octanol–water partition coefficient (Wildman–Crippen LogP) is 3.62. The van der Waals surface area contributed by atoms with Gasteiger partial charge in [0.1, 0.15) is 12.2 Å². The molecule has 0 unspecified atom stereocenters. The van der Waals surface area contributed by atoms with Crippen LogP contribution in [0, 0.1) is 0 Å². The van der Waals surface area contributed by atoms with Crippen molar-refractivity contribution in [1.29, 1.82) is 0 Å². The second kappa shape index (κ2) is 10.1. The Hall–Kier alpha value is -3.35. The summed E-state index contributed by atoms with van der Waals surface area (Å²) in [5, 5.41) is 5.28. The van der Waals surface area contributed by atoms with Gasteiger partial charge in [-0.05, 0) is 69.3 Å². The molecule has 0 aromatic heterocycles. The molecule has 148 valence electrons. The second-order valence-electron chi connectivity index (χ2n) is 6.26. The maximum atomic E-state index is 12.0. The SMILES string of the molecule is CCOC(=O)c1ccc(NC(=O)CC(=O)Nc2ccc(OC(C)C)cc2)cc1. The molecule has 2 rings (SSSR count). The Balaban J connectivity index is 1.83. The largest absolute Gasteiger partial charge is 0.491 e. The number of carbonyl (C=O) groups is 3. The predicted molar refractivity (Wildman–Crippen MR) is 106 cm³/mol. The Morgan fingerprint density at radius 2 is 1.36 bits per heavy atom. The normalized spacial score (nSPS) is 10.3. The number of anilines is 2. The van der Waals surface area contributed by atoms with Crippen LogP contribution in [0.5, 0.6) is 5.75 Å². The first-order valence-electron chi connectivity index (χ1n) is 9.01. The van der Waals surface area contributed by atoms with Crippen LogP contribution in [-0.2, 0) is 14.3 Å². The van der Waals surface area contributed by atoms with Crippen LogP contribution >= 0.6 is 0 Å². The van der Waals surface area contributed by atoms with Gasteiger partial charge in [-0.2, -0.15) is 0 Å². The summed E-state index contributed by atoms with van der Waals surface area (Å²) in [6, 6.07) is 13.2. The van der Waals surface area contributed by atoms with E-state index >= 15 is 0 Å². The van der Waals surface area contributed by atoms with Crippen molar-refractivity contribution in [1.82, 2.24) is 0 Å². The van der Waals surface area contributed by atoms with Crippen LogP contribution in [-0.4, -0.2) is 30.5 Å². The van der Waals surface area contributed by atoms with Crippen LogP contribution in [0.3, 0.4) is 0 Å². The number of ether oxygens (including phenoxy) is 2. The summed E-state index contributed by atoms with van der Waals surface area (Å²) < 4.78 is 10.4. The van der Waals surface area contributed by atoms with Gasteiger partial charge in [-0.1, -0.05) is 0 Å². The average Bonchev–Trinajstić information content (AvgIpc) is 2.63. The third kappa shape index (κ3) is 6.75. The lowest BCUT2D eigenvalue weighted by atomic mass is 10.2. The fourth-order valence-corrected chi connectivity index (χ4v) is 2.35. The van der Waals surface area contributed by atoms with Crippen molar-refractivity contribution >= 4 is 29.2 Å². The molecule has 0 saturated carbocycles. The Morgan fingerprint density at radius 1 is 0.857 bits per heavy atom. The zero-order valence-electron chi connectivity index (χ0n) is 16.2. The standard InChI is InChI=1S/C21H24N2O5/c1-4-27-21(26)15-5-7-16(8-6-15)22-19(24)13-20(25)23-17-9-11-18(12-10-17)28-14(2)3/h5-12,14H,4,13H2,1-3H3,(H,22,24)(H,23,25). The summed E-state index contributed by atoms with van der Waals surface area (Å²) in [6.07, 6.45) is -0.264. The van der Waals surface area contributed by atoms with E-state index in [2.05, 4.69) is 10.6 Å². The zero-order valence-corrected chi connectivity index (χ0v) is 16.2. The highest BCUT2D eigenvalue weighted by atomic mass is 16.5. The van der Waals surface area contributed by atoms with Crippen LogP contribution < -0.4 is 15.4 Å². The molecule has 2 aromatic carbocycles. The first-order valence-corrected chi connectivity index (χ1v) is 9.01. The van der Waals surface area contributed by atoms with Gasteiger partial charge in [0.05, 0.1) is 18.3 Å². The summed E-state index contributed by atoms with van der Waals surface area (Å²) in [5.41, 5.74) is 1.45. The number of amides is 2. The van der Waals surface area contributed by atoms with Gasteiger partial charge in [-0.3, -0.25) is 9.59 Å². The monoisotopic (exact) mass is 384 g/mol. The van der Waals surface area contributed by atoms with Crippen molar-refractivity contribution in [2.75, 3.05) is 17.2 Å². The molecule has 28 heavy (non-hydrogen) atoms. The summed E-state index contributed by atoms with van der Waals surface area (Å²) in [5.74, 6) is -0.610. The number of carbonyl (C=O) groups excluding carboxylic acids is 3. The van der Waals surface area contributed by atoms with E-state index in [1.165, 1.54) is 0 Å². The molecule has 0 fully saturated rings. The van der Waals surface area contributed by atoms with Crippen LogP contribution in [0.4, 0.5) is 11.4 Å². The highest BCUT2D eigenvalue weighted by Gasteiger charge is 2.11. The quantitative estimate of drug-likeness (QED) is 0.536. The van der Waals surface area contributed by atoms with Crippen LogP contribution in [0.25, 0.3) is 0 Å². The molecule has 0 saturated heterocycles. The minimum atomic E-state index is -0.457. The van der Waals surface area contributed by atoms with Crippen molar-refractivity contribution in [3.05, 3.63) is 54.1 Å². The number of nitrogens with one attached hydrogen (secondary N) is 2. The molecule has 2 aromatic rings. The van der Waals surface area contributed by atoms with Gasteiger partial charge in [0, 0.05) is 11.4 Å². The van der Waals surface area contributed by atoms with E-state index in [0.717, 1.165) is 0 Å². The third-order valence-electron chi connectivity index (χ3n) is 3.51. The van der Waals surface area contributed by atoms with Gasteiger partial charge >= 0.3 is 5.97 Å². The molecular weight excluding hydrogens is 360 g/mol. The molecule has 0 atom stereocenters. The Bertz CT molecular complexity index is 814. The van der Waals surface area contributed by atoms with Gasteiger partial charge in [0.25, 0.3) is 0 Å². The van der Waals surface area contributed by atoms with Crippen molar-refractivity contribution in [3.63, 3.8) is 0 Å². The first-order chi connectivity index (χ1) is 13.4. The fraction of sp³-hybridized carbons (Fsp3) is 0.286. The highest BCUT2D eigenvalue weighted by molar-refractivity contribution is 6.08. The number of esters is 1. The van der Waals surface area contributed by atoms with E-state index in [-0.39, 0.29) is 12.5 Å². The third-order valence-corrected chi connectivity index (χ3v) is 3.51. The minimum Gasteiger partial charge on any atom is -0.491 e. The molecule has 0 aliphatic carbocycles. The molecule has 0 aliphatic heterocycles. The van der Waals surface area contributed by atoms with E-state index in [4.69, 9.17) is 9.47 Å². The molecular formula is C21H24N2O5. The summed E-state index contributed by atoms with van der Waals surface area (Å²) in [7, 11) is 0. The Morgan fingerprint density at radius 3 is 1.82 bits per heavy atom. The molecule has 0 heterocycles. The molecule has 0 radical (unpaired) electrons. The van der Waals surface area contributed by atoms with Gasteiger partial charge in [-0.15, -0.1) is 0 Å². The topological polar surface area (TPSA) is 93.7 Å². The lowest BCUT2D eigenvalue weighted by Gasteiger charge is -2.11. The van der Waals surface area contributed by atoms with E-state index in [1.807, 2.05) is 13.8 Å². The van der Waals surface area contributed by atoms with E-state index in [9.17, 15) is 14.4 Å². The highest BCUT2D eigenvalue weighted by Crippen LogP contribution is 2.17. The molecule has 7 heteroatoms. The lowest BCUT2D eigenvalue weighted by Crippen LogP contribution is -2.21. The van der Waals surface area contributed by atoms with E-state index in [0.29, 0.717) is 29.3 Å². The lowest BCUT2D eigenvalue weighted by molar-refractivity contribution is -0.123. The summed E-state index contributed by atoms with van der Waals surface area (Å²) in [4.78, 5) is 35.7. The number of hydrogen-bond acceptors (Lipinski definition) is 5. The zero-order chi connectivity index (χ0) is 20.5. The van der Waals surface area contributed by atoms with Crippen molar-refractivity contribution < 1.29 is 23.9 Å². The maximum Gasteiger partial charge on any atom is 0.338 e. The van der Waals surface area contributed by atoms with E-state index < -0.39 is 17.8 Å². The number of hydrogen-bond donors (Lipinski definition) is 2. The van der Waals surface area contributed by atoms with Crippen LogP contribution in [0.1, 0.15) is 37.6 Å². The molecule has 0 aliphatic rings. The number of benzene rings is 2. The van der Waals surface area contributed by atoms with Gasteiger partial charge in [0.2, 0.25) is 11.8 Å². The average molecular weight is 384 g/mol. The Kier molecular flexibility index (Phi) is 7.56. The molecule has 0 bridgehead atoms.